The molecule has 1 aliphatic rings. The highest BCUT2D eigenvalue weighted by Gasteiger charge is 2.24. The Hall–Kier alpha value is -1.59. The molecule has 0 unspecified atom stereocenters. The van der Waals surface area contributed by atoms with Crippen LogP contribution in [0.25, 0.3) is 0 Å². The third-order valence-corrected chi connectivity index (χ3v) is 5.90. The number of thiophene rings is 1. The van der Waals surface area contributed by atoms with E-state index in [-0.39, 0.29) is 18.4 Å². The minimum absolute atomic E-state index is 0. The van der Waals surface area contributed by atoms with Gasteiger partial charge in [0.2, 0.25) is 0 Å². The number of urea groups is 1. The van der Waals surface area contributed by atoms with E-state index in [9.17, 15) is 4.79 Å². The molecule has 0 bridgehead atoms. The van der Waals surface area contributed by atoms with E-state index in [1.54, 1.807) is 23.7 Å². The lowest BCUT2D eigenvalue weighted by Gasteiger charge is -2.31. The molecule has 2 aromatic rings. The largest absolute Gasteiger partial charge is 0.329 e. The van der Waals surface area contributed by atoms with E-state index in [4.69, 9.17) is 0 Å². The van der Waals surface area contributed by atoms with Gasteiger partial charge in [0.15, 0.2) is 0 Å². The fourth-order valence-electron chi connectivity index (χ4n) is 3.61. The fourth-order valence-corrected chi connectivity index (χ4v) is 4.36. The minimum Gasteiger partial charge on any atom is -0.294 e. The number of rotatable bonds is 6. The molecule has 142 valence electrons. The predicted molar refractivity (Wildman–Crippen MR) is 113 cm³/mol. The number of hydrogen-bond acceptors (Lipinski definition) is 3. The molecule has 0 N–H and O–H groups in total. The Balaban J connectivity index is 0.00000243. The standard InChI is InChI=1S/C20H27N3OS.ClH/c1-2-22(18-10-13-21-14-11-18)20(24)23(19-9-6-16-25-19)15-12-17-7-4-3-5-8-17;/h6,9-11,13-14,16-17H,2-5,7-8,12,15H2,1H3;1H. The summed E-state index contributed by atoms with van der Waals surface area (Å²) in [4.78, 5) is 21.1. The average Bonchev–Trinajstić information content (AvgIpc) is 3.19. The van der Waals surface area contributed by atoms with E-state index in [2.05, 4.69) is 4.98 Å². The monoisotopic (exact) mass is 393 g/mol. The van der Waals surface area contributed by atoms with E-state index in [1.165, 1.54) is 32.1 Å². The summed E-state index contributed by atoms with van der Waals surface area (Å²) in [6.07, 6.45) is 11.3. The van der Waals surface area contributed by atoms with Crippen molar-refractivity contribution in [1.29, 1.82) is 0 Å². The zero-order chi connectivity index (χ0) is 17.5. The maximum absolute atomic E-state index is 13.3. The van der Waals surface area contributed by atoms with Crippen molar-refractivity contribution < 1.29 is 4.79 Å². The molecule has 4 nitrogen and oxygen atoms in total. The zero-order valence-electron chi connectivity index (χ0n) is 15.3. The molecule has 6 heteroatoms. The average molecular weight is 394 g/mol. The number of anilines is 2. The molecular formula is C20H28ClN3OS. The molecule has 3 rings (SSSR count). The van der Waals surface area contributed by atoms with Crippen LogP contribution in [0.3, 0.4) is 0 Å². The second kappa shape index (κ2) is 10.5. The number of amides is 2. The van der Waals surface area contributed by atoms with Crippen molar-refractivity contribution >= 4 is 40.5 Å². The highest BCUT2D eigenvalue weighted by Crippen LogP contribution is 2.29. The normalized spacial score (nSPS) is 14.5. The van der Waals surface area contributed by atoms with Crippen molar-refractivity contribution in [2.45, 2.75) is 45.4 Å². The Morgan fingerprint density at radius 1 is 1.15 bits per heavy atom. The van der Waals surface area contributed by atoms with Crippen LogP contribution >= 0.6 is 23.7 Å². The van der Waals surface area contributed by atoms with Gasteiger partial charge < -0.3 is 0 Å². The molecule has 1 saturated carbocycles. The number of carbonyl (C=O) groups is 1. The van der Waals surface area contributed by atoms with Gasteiger partial charge in [-0.05, 0) is 48.9 Å². The lowest BCUT2D eigenvalue weighted by molar-refractivity contribution is 0.250. The molecule has 2 heterocycles. The first-order valence-corrected chi connectivity index (χ1v) is 10.2. The van der Waals surface area contributed by atoms with Crippen LogP contribution in [0.1, 0.15) is 45.4 Å². The summed E-state index contributed by atoms with van der Waals surface area (Å²) in [5.74, 6) is 0.764. The van der Waals surface area contributed by atoms with E-state index in [0.29, 0.717) is 6.54 Å². The van der Waals surface area contributed by atoms with E-state index < -0.39 is 0 Å². The molecule has 2 aromatic heterocycles. The number of aromatic nitrogens is 1. The van der Waals surface area contributed by atoms with E-state index >= 15 is 0 Å². The zero-order valence-corrected chi connectivity index (χ0v) is 17.0. The van der Waals surface area contributed by atoms with Crippen molar-refractivity contribution in [1.82, 2.24) is 4.98 Å². The lowest BCUT2D eigenvalue weighted by Crippen LogP contribution is -2.44. The number of nitrogens with zero attached hydrogens (tertiary/aromatic N) is 3. The van der Waals surface area contributed by atoms with Gasteiger partial charge in [-0.1, -0.05) is 32.1 Å². The molecule has 26 heavy (non-hydrogen) atoms. The minimum atomic E-state index is 0. The van der Waals surface area contributed by atoms with Gasteiger partial charge in [0.25, 0.3) is 0 Å². The third kappa shape index (κ3) is 5.21. The van der Waals surface area contributed by atoms with E-state index in [1.807, 2.05) is 46.4 Å². The van der Waals surface area contributed by atoms with E-state index in [0.717, 1.165) is 29.6 Å². The maximum atomic E-state index is 13.3. The Kier molecular flexibility index (Phi) is 8.39. The molecule has 0 atom stereocenters. The Bertz CT molecular complexity index is 644. The Morgan fingerprint density at radius 2 is 1.88 bits per heavy atom. The van der Waals surface area contributed by atoms with Gasteiger partial charge in [-0.25, -0.2) is 4.79 Å². The van der Waals surface area contributed by atoms with Crippen LogP contribution in [-0.2, 0) is 0 Å². The first-order chi connectivity index (χ1) is 12.3. The van der Waals surface area contributed by atoms with Crippen LogP contribution in [0, 0.1) is 5.92 Å². The lowest BCUT2D eigenvalue weighted by atomic mass is 9.87. The van der Waals surface area contributed by atoms with Crippen LogP contribution in [0.4, 0.5) is 15.5 Å². The van der Waals surface area contributed by atoms with Gasteiger partial charge in [-0.15, -0.1) is 23.7 Å². The molecule has 0 radical (unpaired) electrons. The Labute approximate surface area is 166 Å². The van der Waals surface area contributed by atoms with Crippen molar-refractivity contribution in [3.63, 3.8) is 0 Å². The fraction of sp³-hybridized carbons (Fsp3) is 0.500. The van der Waals surface area contributed by atoms with Crippen molar-refractivity contribution in [2.24, 2.45) is 5.92 Å². The van der Waals surface area contributed by atoms with Crippen LogP contribution < -0.4 is 9.80 Å². The summed E-state index contributed by atoms with van der Waals surface area (Å²) in [6, 6.07) is 7.92. The summed E-state index contributed by atoms with van der Waals surface area (Å²) in [5.41, 5.74) is 0.904. The molecule has 0 aromatic carbocycles. The summed E-state index contributed by atoms with van der Waals surface area (Å²) in [7, 11) is 0. The maximum Gasteiger partial charge on any atom is 0.329 e. The topological polar surface area (TPSA) is 36.4 Å². The number of carbonyl (C=O) groups excluding carboxylic acids is 1. The number of halogens is 1. The highest BCUT2D eigenvalue weighted by molar-refractivity contribution is 7.14. The summed E-state index contributed by atoms with van der Waals surface area (Å²) in [6.45, 7) is 3.46. The number of hydrogen-bond donors (Lipinski definition) is 0. The first kappa shape index (κ1) is 20.7. The van der Waals surface area contributed by atoms with Crippen LogP contribution in [0.15, 0.2) is 42.0 Å². The smallest absolute Gasteiger partial charge is 0.294 e. The van der Waals surface area contributed by atoms with Crippen LogP contribution in [-0.4, -0.2) is 24.1 Å². The molecule has 0 saturated heterocycles. The van der Waals surface area contributed by atoms with Gasteiger partial charge in [0.05, 0.1) is 5.00 Å². The number of pyridine rings is 1. The second-order valence-electron chi connectivity index (χ2n) is 6.63. The summed E-state index contributed by atoms with van der Waals surface area (Å²) < 4.78 is 0. The molecular weight excluding hydrogens is 366 g/mol. The van der Waals surface area contributed by atoms with Crippen LogP contribution in [0.5, 0.6) is 0 Å². The van der Waals surface area contributed by atoms with Crippen molar-refractivity contribution in [3.05, 3.63) is 42.0 Å². The van der Waals surface area contributed by atoms with Crippen molar-refractivity contribution in [3.8, 4) is 0 Å². The molecule has 1 fully saturated rings. The highest BCUT2D eigenvalue weighted by atomic mass is 35.5. The summed E-state index contributed by atoms with van der Waals surface area (Å²) in [5, 5.41) is 3.08. The van der Waals surface area contributed by atoms with Gasteiger partial charge in [-0.2, -0.15) is 0 Å². The SMILES string of the molecule is CCN(C(=O)N(CCC1CCCCC1)c1cccs1)c1ccncc1.Cl. The van der Waals surface area contributed by atoms with Crippen molar-refractivity contribution in [2.75, 3.05) is 22.9 Å². The van der Waals surface area contributed by atoms with Gasteiger partial charge in [0.1, 0.15) is 0 Å². The quantitative estimate of drug-likeness (QED) is 0.604. The Morgan fingerprint density at radius 3 is 2.50 bits per heavy atom. The van der Waals surface area contributed by atoms with Gasteiger partial charge in [-0.3, -0.25) is 14.8 Å². The van der Waals surface area contributed by atoms with Gasteiger partial charge in [0, 0.05) is 31.2 Å². The molecule has 0 aliphatic heterocycles. The first-order valence-electron chi connectivity index (χ1n) is 9.32. The summed E-state index contributed by atoms with van der Waals surface area (Å²) >= 11 is 1.64. The molecule has 1 aliphatic carbocycles. The molecule has 2 amide bonds. The van der Waals surface area contributed by atoms with Gasteiger partial charge >= 0.3 is 6.03 Å². The molecule has 0 spiro atoms. The van der Waals surface area contributed by atoms with Crippen LogP contribution in [0.2, 0.25) is 0 Å². The predicted octanol–water partition coefficient (Wildman–Crippen LogP) is 5.99. The second-order valence-corrected chi connectivity index (χ2v) is 7.55. The third-order valence-electron chi connectivity index (χ3n) is 5.01.